The van der Waals surface area contributed by atoms with Gasteiger partial charge in [-0.15, -0.1) is 0 Å². The first-order chi connectivity index (χ1) is 13.0. The van der Waals surface area contributed by atoms with Crippen molar-refractivity contribution in [3.63, 3.8) is 0 Å². The van der Waals surface area contributed by atoms with Gasteiger partial charge in [-0.05, 0) is 63.1 Å². The molecule has 1 heterocycles. The van der Waals surface area contributed by atoms with Gasteiger partial charge in [-0.25, -0.2) is 0 Å². The smallest absolute Gasteiger partial charge is 0.253 e. The third kappa shape index (κ3) is 4.59. The summed E-state index contributed by atoms with van der Waals surface area (Å²) >= 11 is 0. The van der Waals surface area contributed by atoms with Gasteiger partial charge in [0.15, 0.2) is 0 Å². The molecule has 1 aliphatic rings. The number of hydrogen-bond acceptors (Lipinski definition) is 3. The minimum absolute atomic E-state index is 0.106. The first kappa shape index (κ1) is 19.6. The third-order valence-corrected chi connectivity index (χ3v) is 5.42. The van der Waals surface area contributed by atoms with Gasteiger partial charge in [-0.2, -0.15) is 0 Å². The van der Waals surface area contributed by atoms with Crippen molar-refractivity contribution in [2.24, 2.45) is 5.92 Å². The number of H-pyrrole nitrogens is 1. The SMILES string of the molecule is CCOCCCN(Cc1cc2cc(C)cc(C)c2[nH]c1=O)C(=O)C1CCC1. The largest absolute Gasteiger partial charge is 0.382 e. The number of hydrogen-bond donors (Lipinski definition) is 1. The van der Waals surface area contributed by atoms with Crippen LogP contribution in [0, 0.1) is 19.8 Å². The van der Waals surface area contributed by atoms with Gasteiger partial charge >= 0.3 is 0 Å². The molecular weight excluding hydrogens is 340 g/mol. The summed E-state index contributed by atoms with van der Waals surface area (Å²) in [6, 6.07) is 6.09. The Bertz CT molecular complexity index is 868. The maximum absolute atomic E-state index is 12.8. The number of aromatic amines is 1. The van der Waals surface area contributed by atoms with Crippen LogP contribution in [0.5, 0.6) is 0 Å². The lowest BCUT2D eigenvalue weighted by atomic mass is 9.84. The van der Waals surface area contributed by atoms with Crippen LogP contribution in [0.1, 0.15) is 49.3 Å². The molecule has 0 bridgehead atoms. The Hall–Kier alpha value is -2.14. The Morgan fingerprint density at radius 3 is 2.70 bits per heavy atom. The van der Waals surface area contributed by atoms with E-state index >= 15 is 0 Å². The summed E-state index contributed by atoms with van der Waals surface area (Å²) in [6.07, 6.45) is 3.84. The van der Waals surface area contributed by atoms with Crippen LogP contribution in [-0.4, -0.2) is 35.5 Å². The highest BCUT2D eigenvalue weighted by atomic mass is 16.5. The van der Waals surface area contributed by atoms with Crippen LogP contribution in [0.3, 0.4) is 0 Å². The van der Waals surface area contributed by atoms with Crippen LogP contribution in [0.25, 0.3) is 10.9 Å². The fraction of sp³-hybridized carbons (Fsp3) is 0.545. The summed E-state index contributed by atoms with van der Waals surface area (Å²) in [4.78, 5) is 30.4. The molecular formula is C22H30N2O3. The standard InChI is InChI=1S/C22H30N2O3/c1-4-27-10-6-9-24(22(26)17-7-5-8-17)14-19-13-18-12-15(2)11-16(3)20(18)23-21(19)25/h11-13,17H,4-10,14H2,1-3H3,(H,23,25). The fourth-order valence-electron chi connectivity index (χ4n) is 3.74. The lowest BCUT2D eigenvalue weighted by molar-refractivity contribution is -0.139. The molecule has 1 aromatic heterocycles. The van der Waals surface area contributed by atoms with Crippen molar-refractivity contribution in [2.75, 3.05) is 19.8 Å². The van der Waals surface area contributed by atoms with E-state index in [1.54, 1.807) is 0 Å². The Labute approximate surface area is 160 Å². The van der Waals surface area contributed by atoms with Crippen LogP contribution in [-0.2, 0) is 16.1 Å². The molecule has 0 atom stereocenters. The summed E-state index contributed by atoms with van der Waals surface area (Å²) in [5.41, 5.74) is 3.65. The quantitative estimate of drug-likeness (QED) is 0.721. The van der Waals surface area contributed by atoms with E-state index in [1.807, 2.05) is 24.8 Å². The van der Waals surface area contributed by atoms with Crippen LogP contribution in [0.2, 0.25) is 0 Å². The average Bonchev–Trinajstić information content (AvgIpc) is 2.57. The van der Waals surface area contributed by atoms with E-state index in [2.05, 4.69) is 24.0 Å². The lowest BCUT2D eigenvalue weighted by Crippen LogP contribution is -2.40. The Balaban J connectivity index is 1.84. The summed E-state index contributed by atoms with van der Waals surface area (Å²) in [6.45, 7) is 8.33. The number of pyridine rings is 1. The van der Waals surface area contributed by atoms with E-state index in [1.165, 1.54) is 0 Å². The zero-order valence-corrected chi connectivity index (χ0v) is 16.6. The van der Waals surface area contributed by atoms with E-state index in [-0.39, 0.29) is 17.4 Å². The van der Waals surface area contributed by atoms with Gasteiger partial charge in [-0.1, -0.05) is 18.1 Å². The number of carbonyl (C=O) groups is 1. The number of aromatic nitrogens is 1. The highest BCUT2D eigenvalue weighted by Gasteiger charge is 2.29. The predicted molar refractivity (Wildman–Crippen MR) is 108 cm³/mol. The Morgan fingerprint density at radius 1 is 1.26 bits per heavy atom. The molecule has 2 aromatic rings. The minimum atomic E-state index is -0.106. The molecule has 1 aromatic carbocycles. The average molecular weight is 370 g/mol. The monoisotopic (exact) mass is 370 g/mol. The number of aryl methyl sites for hydroxylation is 2. The molecule has 146 valence electrons. The highest BCUT2D eigenvalue weighted by molar-refractivity contribution is 5.83. The number of carbonyl (C=O) groups excluding carboxylic acids is 1. The number of fused-ring (bicyclic) bond motifs is 1. The maximum atomic E-state index is 12.8. The zero-order valence-electron chi connectivity index (χ0n) is 16.6. The molecule has 1 aliphatic carbocycles. The van der Waals surface area contributed by atoms with E-state index in [9.17, 15) is 9.59 Å². The van der Waals surface area contributed by atoms with Gasteiger partial charge in [0.05, 0.1) is 12.1 Å². The molecule has 0 unspecified atom stereocenters. The lowest BCUT2D eigenvalue weighted by Gasteiger charge is -2.31. The summed E-state index contributed by atoms with van der Waals surface area (Å²) in [5, 5.41) is 1.02. The topological polar surface area (TPSA) is 62.4 Å². The normalized spacial score (nSPS) is 14.3. The highest BCUT2D eigenvalue weighted by Crippen LogP contribution is 2.29. The van der Waals surface area contributed by atoms with Crippen molar-refractivity contribution in [3.8, 4) is 0 Å². The second kappa shape index (κ2) is 8.70. The van der Waals surface area contributed by atoms with Gasteiger partial charge in [0.1, 0.15) is 0 Å². The van der Waals surface area contributed by atoms with Crippen molar-refractivity contribution in [1.29, 1.82) is 0 Å². The number of benzene rings is 1. The summed E-state index contributed by atoms with van der Waals surface area (Å²) in [5.74, 6) is 0.304. The van der Waals surface area contributed by atoms with Crippen molar-refractivity contribution < 1.29 is 9.53 Å². The molecule has 3 rings (SSSR count). The second-order valence-corrected chi connectivity index (χ2v) is 7.61. The summed E-state index contributed by atoms with van der Waals surface area (Å²) < 4.78 is 5.42. The molecule has 27 heavy (non-hydrogen) atoms. The van der Waals surface area contributed by atoms with Crippen molar-refractivity contribution in [1.82, 2.24) is 9.88 Å². The molecule has 5 heteroatoms. The van der Waals surface area contributed by atoms with Crippen molar-refractivity contribution in [2.45, 2.75) is 53.0 Å². The number of ether oxygens (including phenoxy) is 1. The van der Waals surface area contributed by atoms with Crippen molar-refractivity contribution in [3.05, 3.63) is 45.2 Å². The molecule has 0 aliphatic heterocycles. The molecule has 1 saturated carbocycles. The van der Waals surface area contributed by atoms with Crippen LogP contribution >= 0.6 is 0 Å². The van der Waals surface area contributed by atoms with Gasteiger partial charge in [-0.3, -0.25) is 9.59 Å². The maximum Gasteiger partial charge on any atom is 0.253 e. The molecule has 1 fully saturated rings. The molecule has 1 amide bonds. The van der Waals surface area contributed by atoms with Gasteiger partial charge in [0.25, 0.3) is 5.56 Å². The Morgan fingerprint density at radius 2 is 2.04 bits per heavy atom. The zero-order chi connectivity index (χ0) is 19.4. The van der Waals surface area contributed by atoms with Crippen LogP contribution in [0.15, 0.2) is 23.0 Å². The number of nitrogens with one attached hydrogen (secondary N) is 1. The van der Waals surface area contributed by atoms with E-state index < -0.39 is 0 Å². The van der Waals surface area contributed by atoms with Crippen molar-refractivity contribution >= 4 is 16.8 Å². The predicted octanol–water partition coefficient (Wildman–Crippen LogP) is 3.70. The number of nitrogens with zero attached hydrogens (tertiary/aromatic N) is 1. The van der Waals surface area contributed by atoms with Gasteiger partial charge in [0.2, 0.25) is 5.91 Å². The number of rotatable bonds is 8. The first-order valence-electron chi connectivity index (χ1n) is 9.99. The molecule has 0 radical (unpaired) electrons. The minimum Gasteiger partial charge on any atom is -0.382 e. The van der Waals surface area contributed by atoms with Crippen LogP contribution < -0.4 is 5.56 Å². The number of amides is 1. The molecule has 0 saturated heterocycles. The van der Waals surface area contributed by atoms with E-state index in [0.29, 0.717) is 31.9 Å². The first-order valence-corrected chi connectivity index (χ1v) is 9.99. The van der Waals surface area contributed by atoms with E-state index in [4.69, 9.17) is 4.74 Å². The van der Waals surface area contributed by atoms with Gasteiger partial charge < -0.3 is 14.6 Å². The fourth-order valence-corrected chi connectivity index (χ4v) is 3.74. The Kier molecular flexibility index (Phi) is 6.32. The second-order valence-electron chi connectivity index (χ2n) is 7.61. The van der Waals surface area contributed by atoms with Crippen LogP contribution in [0.4, 0.5) is 0 Å². The van der Waals surface area contributed by atoms with E-state index in [0.717, 1.165) is 47.7 Å². The summed E-state index contributed by atoms with van der Waals surface area (Å²) in [7, 11) is 0. The molecule has 1 N–H and O–H groups in total. The molecule has 5 nitrogen and oxygen atoms in total. The van der Waals surface area contributed by atoms with Gasteiger partial charge in [0, 0.05) is 31.2 Å². The molecule has 0 spiro atoms. The third-order valence-electron chi connectivity index (χ3n) is 5.42.